The number of aromatic nitrogens is 2. The van der Waals surface area contributed by atoms with Gasteiger partial charge in [-0.1, -0.05) is 17.7 Å². The van der Waals surface area contributed by atoms with Crippen LogP contribution in [0.2, 0.25) is 5.02 Å². The van der Waals surface area contributed by atoms with Crippen LogP contribution in [0.25, 0.3) is 0 Å². The van der Waals surface area contributed by atoms with Crippen LogP contribution in [0, 0.1) is 13.8 Å². The van der Waals surface area contributed by atoms with Gasteiger partial charge in [-0.2, -0.15) is 0 Å². The molecule has 2 aromatic rings. The van der Waals surface area contributed by atoms with Crippen molar-refractivity contribution >= 4 is 23.2 Å². The van der Waals surface area contributed by atoms with Crippen LogP contribution in [0.15, 0.2) is 35.1 Å². The molecule has 0 aliphatic carbocycles. The summed E-state index contributed by atoms with van der Waals surface area (Å²) >= 11 is 5.84. The van der Waals surface area contributed by atoms with E-state index in [0.29, 0.717) is 22.2 Å². The van der Waals surface area contributed by atoms with E-state index in [4.69, 9.17) is 11.6 Å². The van der Waals surface area contributed by atoms with Crippen molar-refractivity contribution in [3.05, 3.63) is 57.2 Å². The number of hydrogen-bond acceptors (Lipinski definition) is 3. The monoisotopic (exact) mass is 291 g/mol. The molecule has 1 heterocycles. The number of amides is 1. The van der Waals surface area contributed by atoms with Crippen molar-refractivity contribution in [2.24, 2.45) is 0 Å². The molecule has 5 nitrogen and oxygen atoms in total. The van der Waals surface area contributed by atoms with Crippen molar-refractivity contribution in [1.82, 2.24) is 9.55 Å². The molecule has 0 fully saturated rings. The van der Waals surface area contributed by atoms with E-state index in [0.717, 1.165) is 0 Å². The van der Waals surface area contributed by atoms with E-state index in [1.165, 1.54) is 10.6 Å². The maximum Gasteiger partial charge on any atom is 0.254 e. The molecule has 20 heavy (non-hydrogen) atoms. The van der Waals surface area contributed by atoms with Gasteiger partial charge in [0.15, 0.2) is 0 Å². The highest BCUT2D eigenvalue weighted by Crippen LogP contribution is 2.14. The van der Waals surface area contributed by atoms with Gasteiger partial charge in [0, 0.05) is 22.5 Å². The maximum absolute atomic E-state index is 11.9. The van der Waals surface area contributed by atoms with Gasteiger partial charge in [-0.05, 0) is 32.0 Å². The van der Waals surface area contributed by atoms with Crippen molar-refractivity contribution in [2.75, 3.05) is 5.32 Å². The number of hydrogen-bond donors (Lipinski definition) is 1. The zero-order valence-corrected chi connectivity index (χ0v) is 11.9. The van der Waals surface area contributed by atoms with Crippen LogP contribution in [0.3, 0.4) is 0 Å². The molecule has 1 aromatic heterocycles. The number of nitrogens with zero attached hydrogens (tertiary/aromatic N) is 2. The van der Waals surface area contributed by atoms with Crippen LogP contribution in [0.5, 0.6) is 0 Å². The minimum absolute atomic E-state index is 0.0789. The van der Waals surface area contributed by atoms with Gasteiger partial charge < -0.3 is 5.32 Å². The van der Waals surface area contributed by atoms with Gasteiger partial charge in [-0.25, -0.2) is 4.98 Å². The number of halogens is 1. The number of carbonyl (C=O) groups excluding carboxylic acids is 1. The third-order valence-electron chi connectivity index (χ3n) is 2.74. The first-order chi connectivity index (χ1) is 9.45. The molecular formula is C14H14ClN3O2. The Labute approximate surface area is 121 Å². The molecule has 0 aliphatic rings. The van der Waals surface area contributed by atoms with Gasteiger partial charge in [-0.3, -0.25) is 14.2 Å². The maximum atomic E-state index is 11.9. The Kier molecular flexibility index (Phi) is 4.20. The SMILES string of the molecule is Cc1cc(=O)n(CC(=O)Nc2cccc(Cl)c2)c(C)n1. The summed E-state index contributed by atoms with van der Waals surface area (Å²) in [5.41, 5.74) is 0.989. The predicted molar refractivity (Wildman–Crippen MR) is 78.1 cm³/mol. The zero-order valence-electron chi connectivity index (χ0n) is 11.2. The lowest BCUT2D eigenvalue weighted by molar-refractivity contribution is -0.116. The standard InChI is InChI=1S/C14H14ClN3O2/c1-9-6-14(20)18(10(2)16-9)8-13(19)17-12-5-3-4-11(15)7-12/h3-7H,8H2,1-2H3,(H,17,19). The highest BCUT2D eigenvalue weighted by atomic mass is 35.5. The smallest absolute Gasteiger partial charge is 0.254 e. The number of anilines is 1. The van der Waals surface area contributed by atoms with E-state index < -0.39 is 0 Å². The first kappa shape index (κ1) is 14.3. The summed E-state index contributed by atoms with van der Waals surface area (Å²) in [6.45, 7) is 3.36. The Balaban J connectivity index is 2.15. The van der Waals surface area contributed by atoms with Crippen molar-refractivity contribution < 1.29 is 4.79 Å². The lowest BCUT2D eigenvalue weighted by Crippen LogP contribution is -2.29. The minimum atomic E-state index is -0.303. The fourth-order valence-corrected chi connectivity index (χ4v) is 2.06. The van der Waals surface area contributed by atoms with Crippen LogP contribution in [-0.2, 0) is 11.3 Å². The Hall–Kier alpha value is -2.14. The molecule has 0 saturated heterocycles. The average molecular weight is 292 g/mol. The fourth-order valence-electron chi connectivity index (χ4n) is 1.87. The van der Waals surface area contributed by atoms with Crippen molar-refractivity contribution in [3.63, 3.8) is 0 Å². The minimum Gasteiger partial charge on any atom is -0.324 e. The Morgan fingerprint density at radius 2 is 2.10 bits per heavy atom. The lowest BCUT2D eigenvalue weighted by atomic mass is 10.3. The van der Waals surface area contributed by atoms with Crippen LogP contribution in [-0.4, -0.2) is 15.5 Å². The van der Waals surface area contributed by atoms with Crippen LogP contribution < -0.4 is 10.9 Å². The number of carbonyl (C=O) groups is 1. The Morgan fingerprint density at radius 1 is 1.35 bits per heavy atom. The number of nitrogens with one attached hydrogen (secondary N) is 1. The largest absolute Gasteiger partial charge is 0.324 e. The van der Waals surface area contributed by atoms with Gasteiger partial charge in [0.05, 0.1) is 0 Å². The molecule has 0 unspecified atom stereocenters. The molecule has 6 heteroatoms. The number of rotatable bonds is 3. The summed E-state index contributed by atoms with van der Waals surface area (Å²) in [7, 11) is 0. The third-order valence-corrected chi connectivity index (χ3v) is 2.97. The summed E-state index contributed by atoms with van der Waals surface area (Å²) < 4.78 is 1.33. The normalized spacial score (nSPS) is 10.3. The van der Waals surface area contributed by atoms with E-state index in [1.54, 1.807) is 38.1 Å². The molecule has 104 valence electrons. The molecule has 1 amide bonds. The fraction of sp³-hybridized carbons (Fsp3) is 0.214. The van der Waals surface area contributed by atoms with E-state index in [9.17, 15) is 9.59 Å². The quantitative estimate of drug-likeness (QED) is 0.942. The Morgan fingerprint density at radius 3 is 2.75 bits per heavy atom. The summed E-state index contributed by atoms with van der Waals surface area (Å²) in [5.74, 6) is 0.208. The molecule has 0 aliphatic heterocycles. The summed E-state index contributed by atoms with van der Waals surface area (Å²) in [4.78, 5) is 27.9. The molecule has 2 rings (SSSR count). The topological polar surface area (TPSA) is 64.0 Å². The van der Waals surface area contributed by atoms with Gasteiger partial charge in [-0.15, -0.1) is 0 Å². The number of benzene rings is 1. The van der Waals surface area contributed by atoms with Crippen LogP contribution in [0.4, 0.5) is 5.69 Å². The molecule has 0 atom stereocenters. The zero-order chi connectivity index (χ0) is 14.7. The highest BCUT2D eigenvalue weighted by molar-refractivity contribution is 6.30. The molecule has 0 spiro atoms. The highest BCUT2D eigenvalue weighted by Gasteiger charge is 2.09. The second kappa shape index (κ2) is 5.88. The van der Waals surface area contributed by atoms with E-state index in [-0.39, 0.29) is 18.0 Å². The van der Waals surface area contributed by atoms with Crippen LogP contribution in [0.1, 0.15) is 11.5 Å². The number of aryl methyl sites for hydroxylation is 2. The van der Waals surface area contributed by atoms with Crippen molar-refractivity contribution in [3.8, 4) is 0 Å². The van der Waals surface area contributed by atoms with E-state index in [2.05, 4.69) is 10.3 Å². The summed E-state index contributed by atoms with van der Waals surface area (Å²) in [6, 6.07) is 8.23. The van der Waals surface area contributed by atoms with Crippen molar-refractivity contribution in [2.45, 2.75) is 20.4 Å². The van der Waals surface area contributed by atoms with Crippen LogP contribution >= 0.6 is 11.6 Å². The summed E-state index contributed by atoms with van der Waals surface area (Å²) in [5, 5.41) is 3.22. The van der Waals surface area contributed by atoms with Gasteiger partial charge in [0.1, 0.15) is 12.4 Å². The molecule has 0 radical (unpaired) electrons. The second-order valence-corrected chi connectivity index (χ2v) is 4.86. The first-order valence-corrected chi connectivity index (χ1v) is 6.44. The van der Waals surface area contributed by atoms with Crippen molar-refractivity contribution in [1.29, 1.82) is 0 Å². The lowest BCUT2D eigenvalue weighted by Gasteiger charge is -2.10. The molecule has 0 saturated carbocycles. The molecule has 0 bridgehead atoms. The summed E-state index contributed by atoms with van der Waals surface area (Å²) in [6.07, 6.45) is 0. The predicted octanol–water partition coefficient (Wildman–Crippen LogP) is 2.15. The average Bonchev–Trinajstić information content (AvgIpc) is 2.33. The molecule has 1 aromatic carbocycles. The molecule has 1 N–H and O–H groups in total. The second-order valence-electron chi connectivity index (χ2n) is 4.43. The Bertz CT molecular complexity index is 710. The van der Waals surface area contributed by atoms with Gasteiger partial charge >= 0.3 is 0 Å². The molecular weight excluding hydrogens is 278 g/mol. The van der Waals surface area contributed by atoms with E-state index in [1.807, 2.05) is 0 Å². The first-order valence-electron chi connectivity index (χ1n) is 6.06. The van der Waals surface area contributed by atoms with Gasteiger partial charge in [0.25, 0.3) is 5.56 Å². The van der Waals surface area contributed by atoms with E-state index >= 15 is 0 Å². The third kappa shape index (κ3) is 3.45. The van der Waals surface area contributed by atoms with Gasteiger partial charge in [0.2, 0.25) is 5.91 Å².